The molecule has 0 radical (unpaired) electrons. The number of para-hydroxylation sites is 1. The second-order valence-electron chi connectivity index (χ2n) is 5.89. The first-order valence-corrected chi connectivity index (χ1v) is 8.07. The fourth-order valence-electron chi connectivity index (χ4n) is 2.40. The Hall–Kier alpha value is -2.73. The van der Waals surface area contributed by atoms with E-state index in [4.69, 9.17) is 9.15 Å². The van der Waals surface area contributed by atoms with Crippen LogP contribution in [0, 0.1) is 12.7 Å². The number of benzene rings is 2. The van der Waals surface area contributed by atoms with Crippen LogP contribution in [0.25, 0.3) is 11.5 Å². The van der Waals surface area contributed by atoms with Crippen LogP contribution in [0.2, 0.25) is 0 Å². The zero-order chi connectivity index (χ0) is 17.6. The normalized spacial score (nSPS) is 11.0. The highest BCUT2D eigenvalue weighted by Gasteiger charge is 2.11. The van der Waals surface area contributed by atoms with Gasteiger partial charge in [0.05, 0.1) is 6.54 Å². The fraction of sp³-hybridized carbons (Fsp3) is 0.263. The van der Waals surface area contributed by atoms with Gasteiger partial charge in [0.2, 0.25) is 11.8 Å². The molecule has 0 saturated heterocycles. The maximum atomic E-state index is 13.5. The molecule has 0 aliphatic rings. The molecule has 0 saturated carbocycles. The fourth-order valence-corrected chi connectivity index (χ4v) is 2.40. The van der Waals surface area contributed by atoms with E-state index in [0.29, 0.717) is 31.5 Å². The van der Waals surface area contributed by atoms with Crippen LogP contribution in [0.5, 0.6) is 5.75 Å². The summed E-state index contributed by atoms with van der Waals surface area (Å²) >= 11 is 0. The largest absolute Gasteiger partial charge is 0.489 e. The van der Waals surface area contributed by atoms with Crippen molar-refractivity contribution in [2.75, 3.05) is 20.2 Å². The number of likely N-dealkylation sites (N-methyl/N-ethyl adjacent to an activating group) is 1. The molecule has 5 nitrogen and oxygen atoms in total. The quantitative estimate of drug-likeness (QED) is 0.656. The third-order valence-corrected chi connectivity index (χ3v) is 3.70. The van der Waals surface area contributed by atoms with Crippen molar-refractivity contribution in [2.45, 2.75) is 13.5 Å². The SMILES string of the molecule is Cc1cccc(-c2nnc(CN(C)CCOc3ccccc3F)o2)c1. The highest BCUT2D eigenvalue weighted by Crippen LogP contribution is 2.19. The van der Waals surface area contributed by atoms with Crippen molar-refractivity contribution in [3.63, 3.8) is 0 Å². The van der Waals surface area contributed by atoms with E-state index < -0.39 is 0 Å². The van der Waals surface area contributed by atoms with Crippen molar-refractivity contribution in [3.8, 4) is 17.2 Å². The molecular formula is C19H20FN3O2. The minimum absolute atomic E-state index is 0.260. The highest BCUT2D eigenvalue weighted by molar-refractivity contribution is 5.53. The Morgan fingerprint density at radius 1 is 1.12 bits per heavy atom. The Kier molecular flexibility index (Phi) is 5.40. The Bertz CT molecular complexity index is 835. The van der Waals surface area contributed by atoms with Crippen LogP contribution >= 0.6 is 0 Å². The molecule has 0 unspecified atom stereocenters. The Morgan fingerprint density at radius 3 is 2.76 bits per heavy atom. The maximum absolute atomic E-state index is 13.5. The van der Waals surface area contributed by atoms with E-state index in [9.17, 15) is 4.39 Å². The Morgan fingerprint density at radius 2 is 1.96 bits per heavy atom. The molecule has 2 aromatic carbocycles. The smallest absolute Gasteiger partial charge is 0.247 e. The van der Waals surface area contributed by atoms with Crippen LogP contribution in [0.15, 0.2) is 52.9 Å². The number of hydrogen-bond acceptors (Lipinski definition) is 5. The van der Waals surface area contributed by atoms with Crippen molar-refractivity contribution in [1.82, 2.24) is 15.1 Å². The topological polar surface area (TPSA) is 51.4 Å². The molecule has 0 aliphatic heterocycles. The second kappa shape index (κ2) is 7.90. The van der Waals surface area contributed by atoms with E-state index in [-0.39, 0.29) is 11.6 Å². The molecule has 0 fully saturated rings. The molecule has 0 spiro atoms. The average Bonchev–Trinajstić information content (AvgIpc) is 3.05. The van der Waals surface area contributed by atoms with Gasteiger partial charge < -0.3 is 9.15 Å². The lowest BCUT2D eigenvalue weighted by atomic mass is 10.1. The summed E-state index contributed by atoms with van der Waals surface area (Å²) in [7, 11) is 1.92. The van der Waals surface area contributed by atoms with E-state index in [1.165, 1.54) is 6.07 Å². The molecule has 0 atom stereocenters. The summed E-state index contributed by atoms with van der Waals surface area (Å²) in [6, 6.07) is 14.3. The van der Waals surface area contributed by atoms with Gasteiger partial charge in [0.25, 0.3) is 0 Å². The molecule has 25 heavy (non-hydrogen) atoms. The van der Waals surface area contributed by atoms with Crippen LogP contribution < -0.4 is 4.74 Å². The summed E-state index contributed by atoms with van der Waals surface area (Å²) in [5, 5.41) is 8.18. The highest BCUT2D eigenvalue weighted by atomic mass is 19.1. The summed E-state index contributed by atoms with van der Waals surface area (Å²) in [5.41, 5.74) is 2.05. The van der Waals surface area contributed by atoms with Gasteiger partial charge in [0, 0.05) is 12.1 Å². The summed E-state index contributed by atoms with van der Waals surface area (Å²) in [6.07, 6.45) is 0. The predicted molar refractivity (Wildman–Crippen MR) is 92.7 cm³/mol. The van der Waals surface area contributed by atoms with Crippen molar-refractivity contribution < 1.29 is 13.5 Å². The minimum atomic E-state index is -0.357. The first-order chi connectivity index (χ1) is 12.1. The van der Waals surface area contributed by atoms with Gasteiger partial charge in [-0.1, -0.05) is 29.8 Å². The lowest BCUT2D eigenvalue weighted by molar-refractivity contribution is 0.215. The summed E-state index contributed by atoms with van der Waals surface area (Å²) < 4.78 is 24.6. The van der Waals surface area contributed by atoms with Gasteiger partial charge in [-0.3, -0.25) is 4.90 Å². The first kappa shape index (κ1) is 17.1. The maximum Gasteiger partial charge on any atom is 0.247 e. The number of aromatic nitrogens is 2. The van der Waals surface area contributed by atoms with Gasteiger partial charge in [-0.2, -0.15) is 0 Å². The Labute approximate surface area is 146 Å². The summed E-state index contributed by atoms with van der Waals surface area (Å²) in [5.74, 6) is 0.944. The lowest BCUT2D eigenvalue weighted by Crippen LogP contribution is -2.24. The predicted octanol–water partition coefficient (Wildman–Crippen LogP) is 3.69. The van der Waals surface area contributed by atoms with Crippen LogP contribution in [0.1, 0.15) is 11.5 Å². The molecule has 1 aromatic heterocycles. The molecule has 6 heteroatoms. The molecule has 130 valence electrons. The van der Waals surface area contributed by atoms with Crippen molar-refractivity contribution in [2.24, 2.45) is 0 Å². The number of aryl methyl sites for hydroxylation is 1. The molecule has 0 aliphatic carbocycles. The van der Waals surface area contributed by atoms with Gasteiger partial charge >= 0.3 is 0 Å². The Balaban J connectivity index is 1.52. The molecule has 1 heterocycles. The average molecular weight is 341 g/mol. The van der Waals surface area contributed by atoms with E-state index in [1.807, 2.05) is 43.1 Å². The molecular weight excluding hydrogens is 321 g/mol. The van der Waals surface area contributed by atoms with Crippen molar-refractivity contribution >= 4 is 0 Å². The van der Waals surface area contributed by atoms with Gasteiger partial charge in [-0.25, -0.2) is 4.39 Å². The number of ether oxygens (including phenoxy) is 1. The molecule has 0 bridgehead atoms. The van der Waals surface area contributed by atoms with Crippen LogP contribution in [0.3, 0.4) is 0 Å². The van der Waals surface area contributed by atoms with E-state index >= 15 is 0 Å². The summed E-state index contributed by atoms with van der Waals surface area (Å²) in [6.45, 7) is 3.50. The van der Waals surface area contributed by atoms with Gasteiger partial charge in [-0.05, 0) is 38.2 Å². The van der Waals surface area contributed by atoms with E-state index in [0.717, 1.165) is 11.1 Å². The van der Waals surface area contributed by atoms with Gasteiger partial charge in [0.15, 0.2) is 11.6 Å². The zero-order valence-corrected chi connectivity index (χ0v) is 14.3. The van der Waals surface area contributed by atoms with Crippen LogP contribution in [-0.4, -0.2) is 35.3 Å². The van der Waals surface area contributed by atoms with Crippen molar-refractivity contribution in [3.05, 3.63) is 65.8 Å². The molecule has 3 rings (SSSR count). The van der Waals surface area contributed by atoms with Gasteiger partial charge in [0.1, 0.15) is 6.61 Å². The molecule has 0 amide bonds. The van der Waals surface area contributed by atoms with Crippen LogP contribution in [-0.2, 0) is 6.54 Å². The van der Waals surface area contributed by atoms with E-state index in [1.54, 1.807) is 18.2 Å². The van der Waals surface area contributed by atoms with E-state index in [2.05, 4.69) is 10.2 Å². The second-order valence-corrected chi connectivity index (χ2v) is 5.89. The monoisotopic (exact) mass is 341 g/mol. The summed E-state index contributed by atoms with van der Waals surface area (Å²) in [4.78, 5) is 1.98. The number of nitrogens with zero attached hydrogens (tertiary/aromatic N) is 3. The third kappa shape index (κ3) is 4.64. The van der Waals surface area contributed by atoms with Crippen molar-refractivity contribution in [1.29, 1.82) is 0 Å². The van der Waals surface area contributed by atoms with Crippen LogP contribution in [0.4, 0.5) is 4.39 Å². The number of halogens is 1. The number of hydrogen-bond donors (Lipinski definition) is 0. The molecule has 0 N–H and O–H groups in total. The van der Waals surface area contributed by atoms with Gasteiger partial charge in [-0.15, -0.1) is 10.2 Å². The standard InChI is InChI=1S/C19H20FN3O2/c1-14-6-5-7-15(12-14)19-22-21-18(25-19)13-23(2)10-11-24-17-9-4-3-8-16(17)20/h3-9,12H,10-11,13H2,1-2H3. The first-order valence-electron chi connectivity index (χ1n) is 8.07. The number of rotatable bonds is 7. The zero-order valence-electron chi connectivity index (χ0n) is 14.3. The third-order valence-electron chi connectivity index (χ3n) is 3.70. The minimum Gasteiger partial charge on any atom is -0.489 e. The lowest BCUT2D eigenvalue weighted by Gasteiger charge is -2.14. The molecule has 3 aromatic rings.